The van der Waals surface area contributed by atoms with Gasteiger partial charge in [0.05, 0.1) is 13.2 Å². The molecule has 0 aliphatic heterocycles. The molecule has 2 rings (SSSR count). The van der Waals surface area contributed by atoms with Crippen LogP contribution in [0.15, 0.2) is 22.7 Å². The van der Waals surface area contributed by atoms with E-state index in [-0.39, 0.29) is 18.0 Å². The molecular formula is C14H19BrFNO. The first-order chi connectivity index (χ1) is 8.59. The van der Waals surface area contributed by atoms with Gasteiger partial charge in [0.2, 0.25) is 0 Å². The second-order valence-corrected chi connectivity index (χ2v) is 6.07. The second kappa shape index (κ2) is 6.13. The first kappa shape index (κ1) is 14.0. The summed E-state index contributed by atoms with van der Waals surface area (Å²) in [5.74, 6) is -0.237. The molecule has 1 aliphatic rings. The van der Waals surface area contributed by atoms with Crippen molar-refractivity contribution in [3.63, 3.8) is 0 Å². The SMILES string of the molecule is NC1(COCc2ccc(Br)cc2F)CCCCC1. The highest BCUT2D eigenvalue weighted by Gasteiger charge is 2.27. The van der Waals surface area contributed by atoms with Gasteiger partial charge in [0, 0.05) is 15.6 Å². The number of halogens is 2. The molecule has 0 unspecified atom stereocenters. The van der Waals surface area contributed by atoms with Gasteiger partial charge in [-0.2, -0.15) is 0 Å². The quantitative estimate of drug-likeness (QED) is 0.918. The van der Waals surface area contributed by atoms with E-state index in [1.165, 1.54) is 25.3 Å². The molecule has 0 saturated heterocycles. The minimum Gasteiger partial charge on any atom is -0.375 e. The first-order valence-corrected chi connectivity index (χ1v) is 7.19. The molecule has 0 radical (unpaired) electrons. The summed E-state index contributed by atoms with van der Waals surface area (Å²) in [7, 11) is 0. The summed E-state index contributed by atoms with van der Waals surface area (Å²) in [6, 6.07) is 5.02. The van der Waals surface area contributed by atoms with E-state index in [2.05, 4.69) is 15.9 Å². The Kier molecular flexibility index (Phi) is 4.76. The van der Waals surface area contributed by atoms with Crippen LogP contribution in [0.3, 0.4) is 0 Å². The third-order valence-electron chi connectivity index (χ3n) is 3.51. The maximum atomic E-state index is 13.6. The number of ether oxygens (including phenoxy) is 1. The number of benzene rings is 1. The van der Waals surface area contributed by atoms with E-state index in [0.717, 1.165) is 17.3 Å². The zero-order valence-corrected chi connectivity index (χ0v) is 12.0. The second-order valence-electron chi connectivity index (χ2n) is 5.15. The summed E-state index contributed by atoms with van der Waals surface area (Å²) in [5.41, 5.74) is 6.64. The molecule has 1 aromatic rings. The Balaban J connectivity index is 1.84. The predicted molar refractivity (Wildman–Crippen MR) is 73.8 cm³/mol. The van der Waals surface area contributed by atoms with Gasteiger partial charge in [-0.1, -0.05) is 41.3 Å². The van der Waals surface area contributed by atoms with Crippen molar-refractivity contribution in [2.24, 2.45) is 5.73 Å². The summed E-state index contributed by atoms with van der Waals surface area (Å²) in [5, 5.41) is 0. The average Bonchev–Trinajstić information content (AvgIpc) is 2.33. The Labute approximate surface area is 116 Å². The normalized spacial score (nSPS) is 18.8. The third kappa shape index (κ3) is 3.77. The Hall–Kier alpha value is -0.450. The summed E-state index contributed by atoms with van der Waals surface area (Å²) in [4.78, 5) is 0. The van der Waals surface area contributed by atoms with Crippen LogP contribution in [0.2, 0.25) is 0 Å². The monoisotopic (exact) mass is 315 g/mol. The fraction of sp³-hybridized carbons (Fsp3) is 0.571. The summed E-state index contributed by atoms with van der Waals surface area (Å²) < 4.78 is 19.9. The highest BCUT2D eigenvalue weighted by atomic mass is 79.9. The molecule has 0 amide bonds. The zero-order chi connectivity index (χ0) is 13.0. The lowest BCUT2D eigenvalue weighted by atomic mass is 9.83. The van der Waals surface area contributed by atoms with E-state index in [1.807, 2.05) is 6.07 Å². The van der Waals surface area contributed by atoms with Crippen LogP contribution in [-0.4, -0.2) is 12.1 Å². The van der Waals surface area contributed by atoms with Gasteiger partial charge in [-0.3, -0.25) is 0 Å². The molecule has 0 atom stereocenters. The van der Waals surface area contributed by atoms with E-state index < -0.39 is 0 Å². The van der Waals surface area contributed by atoms with Crippen molar-refractivity contribution in [3.05, 3.63) is 34.1 Å². The van der Waals surface area contributed by atoms with Crippen LogP contribution in [0, 0.1) is 5.82 Å². The van der Waals surface area contributed by atoms with Crippen molar-refractivity contribution in [2.75, 3.05) is 6.61 Å². The molecule has 100 valence electrons. The van der Waals surface area contributed by atoms with Crippen LogP contribution in [0.25, 0.3) is 0 Å². The topological polar surface area (TPSA) is 35.2 Å². The van der Waals surface area contributed by atoms with Gasteiger partial charge >= 0.3 is 0 Å². The molecule has 1 fully saturated rings. The van der Waals surface area contributed by atoms with Crippen molar-refractivity contribution >= 4 is 15.9 Å². The smallest absolute Gasteiger partial charge is 0.129 e. The van der Waals surface area contributed by atoms with Gasteiger partial charge in [0.15, 0.2) is 0 Å². The number of rotatable bonds is 4. The fourth-order valence-corrected chi connectivity index (χ4v) is 2.74. The molecule has 1 saturated carbocycles. The van der Waals surface area contributed by atoms with Gasteiger partial charge in [0.25, 0.3) is 0 Å². The number of hydrogen-bond donors (Lipinski definition) is 1. The van der Waals surface area contributed by atoms with Crippen LogP contribution in [0.1, 0.15) is 37.7 Å². The predicted octanol–water partition coefficient (Wildman–Crippen LogP) is 3.77. The van der Waals surface area contributed by atoms with Crippen LogP contribution >= 0.6 is 15.9 Å². The van der Waals surface area contributed by atoms with E-state index in [1.54, 1.807) is 6.07 Å². The summed E-state index contributed by atoms with van der Waals surface area (Å²) in [6.45, 7) is 0.806. The molecule has 0 heterocycles. The molecule has 4 heteroatoms. The molecule has 1 aliphatic carbocycles. The maximum Gasteiger partial charge on any atom is 0.129 e. The van der Waals surface area contributed by atoms with E-state index >= 15 is 0 Å². The molecule has 2 N–H and O–H groups in total. The number of hydrogen-bond acceptors (Lipinski definition) is 2. The van der Waals surface area contributed by atoms with Gasteiger partial charge in [0.1, 0.15) is 5.82 Å². The highest BCUT2D eigenvalue weighted by Crippen LogP contribution is 2.26. The van der Waals surface area contributed by atoms with Gasteiger partial charge in [-0.25, -0.2) is 4.39 Å². The maximum absolute atomic E-state index is 13.6. The van der Waals surface area contributed by atoms with Gasteiger partial charge in [-0.05, 0) is 25.0 Å². The molecule has 1 aromatic carbocycles. The minimum absolute atomic E-state index is 0.204. The summed E-state index contributed by atoms with van der Waals surface area (Å²) in [6.07, 6.45) is 5.63. The zero-order valence-electron chi connectivity index (χ0n) is 10.4. The van der Waals surface area contributed by atoms with Crippen LogP contribution in [0.4, 0.5) is 4.39 Å². The molecule has 0 bridgehead atoms. The van der Waals surface area contributed by atoms with Crippen LogP contribution in [-0.2, 0) is 11.3 Å². The lowest BCUT2D eigenvalue weighted by Crippen LogP contribution is -2.46. The van der Waals surface area contributed by atoms with Crippen LogP contribution < -0.4 is 5.73 Å². The summed E-state index contributed by atoms with van der Waals surface area (Å²) >= 11 is 3.23. The van der Waals surface area contributed by atoms with Crippen molar-refractivity contribution in [2.45, 2.75) is 44.2 Å². The van der Waals surface area contributed by atoms with Crippen molar-refractivity contribution in [3.8, 4) is 0 Å². The van der Waals surface area contributed by atoms with Crippen molar-refractivity contribution in [1.82, 2.24) is 0 Å². The van der Waals surface area contributed by atoms with Gasteiger partial charge in [-0.15, -0.1) is 0 Å². The Bertz CT molecular complexity index is 405. The standard InChI is InChI=1S/C14H19BrFNO/c15-12-5-4-11(13(16)8-12)9-18-10-14(17)6-2-1-3-7-14/h4-5,8H,1-3,6-7,9-10,17H2. The molecule has 0 aromatic heterocycles. The molecular weight excluding hydrogens is 297 g/mol. The van der Waals surface area contributed by atoms with Crippen molar-refractivity contribution < 1.29 is 9.13 Å². The fourth-order valence-electron chi connectivity index (χ4n) is 2.40. The highest BCUT2D eigenvalue weighted by molar-refractivity contribution is 9.10. The first-order valence-electron chi connectivity index (χ1n) is 6.40. The average molecular weight is 316 g/mol. The van der Waals surface area contributed by atoms with Crippen LogP contribution in [0.5, 0.6) is 0 Å². The van der Waals surface area contributed by atoms with E-state index in [9.17, 15) is 4.39 Å². The Morgan fingerprint density at radius 3 is 2.67 bits per heavy atom. The Morgan fingerprint density at radius 2 is 2.00 bits per heavy atom. The van der Waals surface area contributed by atoms with Gasteiger partial charge < -0.3 is 10.5 Å². The minimum atomic E-state index is -0.237. The lowest BCUT2D eigenvalue weighted by Gasteiger charge is -2.33. The lowest BCUT2D eigenvalue weighted by molar-refractivity contribution is 0.0560. The number of nitrogens with two attached hydrogens (primary N) is 1. The molecule has 18 heavy (non-hydrogen) atoms. The third-order valence-corrected chi connectivity index (χ3v) is 4.00. The van der Waals surface area contributed by atoms with E-state index in [0.29, 0.717) is 12.2 Å². The Morgan fingerprint density at radius 1 is 1.28 bits per heavy atom. The van der Waals surface area contributed by atoms with Crippen molar-refractivity contribution in [1.29, 1.82) is 0 Å². The molecule has 0 spiro atoms. The van der Waals surface area contributed by atoms with E-state index in [4.69, 9.17) is 10.5 Å². The molecule has 2 nitrogen and oxygen atoms in total. The largest absolute Gasteiger partial charge is 0.375 e.